The Bertz CT molecular complexity index is 2110. The molecule has 0 heterocycles. The Balaban J connectivity index is 1.14. The first kappa shape index (κ1) is 31.6. The normalized spacial score (nSPS) is 13.0. The van der Waals surface area contributed by atoms with Crippen molar-refractivity contribution < 1.29 is 4.92 Å². The van der Waals surface area contributed by atoms with Gasteiger partial charge >= 0.3 is 0 Å². The molecule has 0 unspecified atom stereocenters. The number of rotatable bonds is 10. The van der Waals surface area contributed by atoms with Crippen LogP contribution in [0, 0.1) is 10.1 Å². The van der Waals surface area contributed by atoms with Gasteiger partial charge in [-0.1, -0.05) is 123 Å². The van der Waals surface area contributed by atoms with Crippen LogP contribution in [0.25, 0.3) is 35.4 Å². The van der Waals surface area contributed by atoms with E-state index in [1.54, 1.807) is 24.3 Å². The van der Waals surface area contributed by atoms with E-state index in [1.807, 2.05) is 18.2 Å². The number of para-hydroxylation sites is 2. The molecule has 0 amide bonds. The zero-order chi connectivity index (χ0) is 33.8. The molecule has 240 valence electrons. The molecule has 0 spiro atoms. The fourth-order valence-corrected chi connectivity index (χ4v) is 7.18. The van der Waals surface area contributed by atoms with Gasteiger partial charge in [-0.15, -0.1) is 0 Å². The summed E-state index contributed by atoms with van der Waals surface area (Å²) in [5, 5.41) is 11.0. The number of nitrogens with zero attached hydrogens (tertiary/aromatic N) is 2. The van der Waals surface area contributed by atoms with Gasteiger partial charge in [0.15, 0.2) is 0 Å². The fraction of sp³-hybridized carbons (Fsp3) is 0.111. The maximum atomic E-state index is 11.0. The molecule has 0 atom stereocenters. The average Bonchev–Trinajstić information content (AvgIpc) is 3.43. The van der Waals surface area contributed by atoms with E-state index in [9.17, 15) is 10.1 Å². The molecule has 49 heavy (non-hydrogen) atoms. The first-order chi connectivity index (χ1) is 24.0. The van der Waals surface area contributed by atoms with Crippen molar-refractivity contribution in [2.75, 3.05) is 4.90 Å². The molecular formula is C45H38N2O2. The van der Waals surface area contributed by atoms with Crippen LogP contribution in [-0.2, 0) is 5.41 Å². The van der Waals surface area contributed by atoms with Crippen LogP contribution in [0.5, 0.6) is 0 Å². The molecule has 0 saturated heterocycles. The number of nitro benzene ring substituents is 1. The lowest BCUT2D eigenvalue weighted by Gasteiger charge is -2.30. The number of non-ortho nitro benzene ring substituents is 1. The van der Waals surface area contributed by atoms with Gasteiger partial charge in [-0.3, -0.25) is 10.1 Å². The molecule has 1 aliphatic rings. The summed E-state index contributed by atoms with van der Waals surface area (Å²) in [6.07, 6.45) is 10.5. The summed E-state index contributed by atoms with van der Waals surface area (Å²) < 4.78 is 0. The largest absolute Gasteiger partial charge is 0.311 e. The lowest BCUT2D eigenvalue weighted by atomic mass is 9.73. The molecule has 0 aliphatic heterocycles. The topological polar surface area (TPSA) is 46.4 Å². The summed E-state index contributed by atoms with van der Waals surface area (Å²) in [6.45, 7) is 4.58. The van der Waals surface area contributed by atoms with E-state index < -0.39 is 0 Å². The van der Waals surface area contributed by atoms with Gasteiger partial charge in [0.25, 0.3) is 5.69 Å². The average molecular weight is 639 g/mol. The maximum absolute atomic E-state index is 11.0. The zero-order valence-corrected chi connectivity index (χ0v) is 27.8. The van der Waals surface area contributed by atoms with Crippen molar-refractivity contribution in [3.05, 3.63) is 189 Å². The first-order valence-corrected chi connectivity index (χ1v) is 16.9. The zero-order valence-electron chi connectivity index (χ0n) is 27.8. The van der Waals surface area contributed by atoms with Crippen molar-refractivity contribution in [3.63, 3.8) is 0 Å². The van der Waals surface area contributed by atoms with Crippen LogP contribution in [0.3, 0.4) is 0 Å². The Labute approximate surface area is 288 Å². The summed E-state index contributed by atoms with van der Waals surface area (Å²) in [4.78, 5) is 12.9. The highest BCUT2D eigenvalue weighted by Crippen LogP contribution is 2.53. The summed E-state index contributed by atoms with van der Waals surface area (Å²) in [5.74, 6) is 0. The molecule has 0 bridgehead atoms. The van der Waals surface area contributed by atoms with Crippen LogP contribution in [0.15, 0.2) is 146 Å². The second-order valence-corrected chi connectivity index (χ2v) is 12.5. The predicted octanol–water partition coefficient (Wildman–Crippen LogP) is 12.5. The van der Waals surface area contributed by atoms with Crippen molar-refractivity contribution in [1.29, 1.82) is 0 Å². The summed E-state index contributed by atoms with van der Waals surface area (Å²) in [6, 6.07) is 50.0. The van der Waals surface area contributed by atoms with Crippen LogP contribution >= 0.6 is 0 Å². The minimum Gasteiger partial charge on any atom is -0.311 e. The van der Waals surface area contributed by atoms with Crippen LogP contribution in [0.1, 0.15) is 60.1 Å². The van der Waals surface area contributed by atoms with Crippen LogP contribution in [-0.4, -0.2) is 4.92 Å². The third kappa shape index (κ3) is 6.21. The smallest absolute Gasteiger partial charge is 0.269 e. The second-order valence-electron chi connectivity index (χ2n) is 12.5. The van der Waals surface area contributed by atoms with E-state index >= 15 is 0 Å². The molecule has 0 saturated carbocycles. The van der Waals surface area contributed by atoms with E-state index in [0.717, 1.165) is 46.6 Å². The number of nitro groups is 1. The Morgan fingerprint density at radius 3 is 1.35 bits per heavy atom. The number of benzene rings is 6. The number of hydrogen-bond acceptors (Lipinski definition) is 3. The third-order valence-electron chi connectivity index (χ3n) is 9.84. The Kier molecular flexibility index (Phi) is 8.78. The van der Waals surface area contributed by atoms with E-state index in [4.69, 9.17) is 0 Å². The van der Waals surface area contributed by atoms with Gasteiger partial charge in [0.2, 0.25) is 0 Å². The number of hydrogen-bond donors (Lipinski definition) is 0. The van der Waals surface area contributed by atoms with Gasteiger partial charge in [-0.25, -0.2) is 0 Å². The Morgan fingerprint density at radius 1 is 0.531 bits per heavy atom. The highest BCUT2D eigenvalue weighted by Gasteiger charge is 2.40. The molecule has 0 N–H and O–H groups in total. The molecule has 4 nitrogen and oxygen atoms in total. The molecule has 6 aromatic carbocycles. The molecule has 0 fully saturated rings. The van der Waals surface area contributed by atoms with Crippen molar-refractivity contribution in [2.24, 2.45) is 0 Å². The number of anilines is 3. The van der Waals surface area contributed by atoms with E-state index in [2.05, 4.69) is 146 Å². The molecule has 1 aliphatic carbocycles. The van der Waals surface area contributed by atoms with Gasteiger partial charge in [-0.2, -0.15) is 0 Å². The summed E-state index contributed by atoms with van der Waals surface area (Å²) in [7, 11) is 0. The van der Waals surface area contributed by atoms with Gasteiger partial charge in [0, 0.05) is 34.6 Å². The third-order valence-corrected chi connectivity index (χ3v) is 9.84. The van der Waals surface area contributed by atoms with Crippen LogP contribution in [0.4, 0.5) is 22.7 Å². The molecule has 7 rings (SSSR count). The monoisotopic (exact) mass is 638 g/mol. The SMILES string of the molecule is CCC1(CC)c2cc(/C=C/c3ccc(N(c4ccccc4)c4ccccc4)cc3)ccc2-c2ccc(/C=C/c3ccc([N+](=O)[O-])cc3)cc21. The predicted molar refractivity (Wildman–Crippen MR) is 205 cm³/mol. The molecule has 6 aromatic rings. The Morgan fingerprint density at radius 2 is 0.918 bits per heavy atom. The minimum atomic E-state index is -0.369. The van der Waals surface area contributed by atoms with E-state index in [1.165, 1.54) is 27.8 Å². The van der Waals surface area contributed by atoms with Crippen LogP contribution in [0.2, 0.25) is 0 Å². The summed E-state index contributed by atoms with van der Waals surface area (Å²) >= 11 is 0. The Hall–Kier alpha value is -6.00. The summed E-state index contributed by atoms with van der Waals surface area (Å²) in [5.41, 5.74) is 13.2. The quantitative estimate of drug-likeness (QED) is 0.0852. The lowest BCUT2D eigenvalue weighted by Crippen LogP contribution is -2.23. The van der Waals surface area contributed by atoms with Gasteiger partial charge < -0.3 is 4.90 Å². The molecular weight excluding hydrogens is 601 g/mol. The molecule has 0 aromatic heterocycles. The maximum Gasteiger partial charge on any atom is 0.269 e. The van der Waals surface area contributed by atoms with Gasteiger partial charge in [0.1, 0.15) is 0 Å². The van der Waals surface area contributed by atoms with Gasteiger partial charge in [-0.05, 0) is 106 Å². The molecule has 4 heteroatoms. The second kappa shape index (κ2) is 13.6. The van der Waals surface area contributed by atoms with Crippen LogP contribution < -0.4 is 4.90 Å². The number of fused-ring (bicyclic) bond motifs is 3. The fourth-order valence-electron chi connectivity index (χ4n) is 7.18. The van der Waals surface area contributed by atoms with Crippen molar-refractivity contribution in [3.8, 4) is 11.1 Å². The minimum absolute atomic E-state index is 0.0638. The van der Waals surface area contributed by atoms with Gasteiger partial charge in [0.05, 0.1) is 4.92 Å². The first-order valence-electron chi connectivity index (χ1n) is 16.9. The van der Waals surface area contributed by atoms with Crippen molar-refractivity contribution >= 4 is 47.1 Å². The van der Waals surface area contributed by atoms with Crippen molar-refractivity contribution in [1.82, 2.24) is 0 Å². The molecule has 0 radical (unpaired) electrons. The van der Waals surface area contributed by atoms with E-state index in [-0.39, 0.29) is 16.0 Å². The highest BCUT2D eigenvalue weighted by atomic mass is 16.6. The lowest BCUT2D eigenvalue weighted by molar-refractivity contribution is -0.384. The van der Waals surface area contributed by atoms with Crippen molar-refractivity contribution in [2.45, 2.75) is 32.1 Å². The highest BCUT2D eigenvalue weighted by molar-refractivity contribution is 5.85. The van der Waals surface area contributed by atoms with E-state index in [0.29, 0.717) is 0 Å². The standard InChI is InChI=1S/C45H38N2O2/c1-3-45(4-2)43-31-35(17-15-33-19-25-39(26-20-33)46(37-11-7-5-8-12-37)38-13-9-6-10-14-38)23-29-41(43)42-30-24-36(32-44(42)45)18-16-34-21-27-40(28-22-34)47(48)49/h5-32H,3-4H2,1-2H3/b17-15+,18-16+.